The maximum Gasteiger partial charge on any atom is 0.233 e. The van der Waals surface area contributed by atoms with Gasteiger partial charge in [-0.2, -0.15) is 0 Å². The molecule has 0 saturated heterocycles. The Bertz CT molecular complexity index is 763. The van der Waals surface area contributed by atoms with Gasteiger partial charge in [-0.25, -0.2) is 0 Å². The molecule has 0 spiro atoms. The number of nitrogens with one attached hydrogen (secondary N) is 1. The minimum absolute atomic E-state index is 0.00243. The van der Waals surface area contributed by atoms with Crippen LogP contribution in [0.5, 0.6) is 0 Å². The monoisotopic (exact) mass is 389 g/mol. The second-order valence-electron chi connectivity index (χ2n) is 6.44. The summed E-state index contributed by atoms with van der Waals surface area (Å²) in [5.74, 6) is 0.267. The molecule has 0 radical (unpaired) electrons. The van der Waals surface area contributed by atoms with Crippen molar-refractivity contribution in [3.05, 3.63) is 41.7 Å². The summed E-state index contributed by atoms with van der Waals surface area (Å²) in [7, 11) is 1.83. The lowest BCUT2D eigenvalue weighted by atomic mass is 10.0. The summed E-state index contributed by atoms with van der Waals surface area (Å²) in [5.41, 5.74) is 6.29. The SMILES string of the molecule is CCC[C@@H](NC(=O)[C@H](C)Sc1nnc(CCC(N)=O)n1C)c1ccccc1. The number of nitrogens with two attached hydrogens (primary N) is 1. The molecule has 0 unspecified atom stereocenters. The summed E-state index contributed by atoms with van der Waals surface area (Å²) in [5, 5.41) is 11.7. The van der Waals surface area contributed by atoms with Gasteiger partial charge in [-0.15, -0.1) is 10.2 Å². The molecular formula is C19H27N5O2S. The fourth-order valence-electron chi connectivity index (χ4n) is 2.70. The Morgan fingerprint density at radius 1 is 1.26 bits per heavy atom. The smallest absolute Gasteiger partial charge is 0.233 e. The Balaban J connectivity index is 1.99. The van der Waals surface area contributed by atoms with Crippen LogP contribution in [0.1, 0.15) is 50.5 Å². The summed E-state index contributed by atoms with van der Waals surface area (Å²) < 4.78 is 1.80. The van der Waals surface area contributed by atoms with E-state index in [1.165, 1.54) is 11.8 Å². The molecule has 0 aliphatic heterocycles. The molecule has 8 heteroatoms. The number of thioether (sulfide) groups is 1. The molecular weight excluding hydrogens is 362 g/mol. The summed E-state index contributed by atoms with van der Waals surface area (Å²) in [6.07, 6.45) is 2.53. The van der Waals surface area contributed by atoms with Gasteiger partial charge in [0.15, 0.2) is 5.16 Å². The number of hydrogen-bond donors (Lipinski definition) is 2. The highest BCUT2D eigenvalue weighted by Gasteiger charge is 2.22. The lowest BCUT2D eigenvalue weighted by molar-refractivity contribution is -0.121. The molecule has 3 N–H and O–H groups in total. The predicted octanol–water partition coefficient (Wildman–Crippen LogP) is 2.37. The first-order valence-electron chi connectivity index (χ1n) is 9.10. The largest absolute Gasteiger partial charge is 0.370 e. The molecule has 2 rings (SSSR count). The third-order valence-electron chi connectivity index (χ3n) is 4.27. The van der Waals surface area contributed by atoms with Crippen LogP contribution in [0.3, 0.4) is 0 Å². The first kappa shape index (κ1) is 21.0. The van der Waals surface area contributed by atoms with Gasteiger partial charge in [-0.1, -0.05) is 55.4 Å². The van der Waals surface area contributed by atoms with Gasteiger partial charge in [0.25, 0.3) is 0 Å². The molecule has 27 heavy (non-hydrogen) atoms. The number of rotatable bonds is 10. The molecule has 0 bridgehead atoms. The molecule has 1 aromatic heterocycles. The van der Waals surface area contributed by atoms with Crippen molar-refractivity contribution in [3.8, 4) is 0 Å². The van der Waals surface area contributed by atoms with Gasteiger partial charge < -0.3 is 15.6 Å². The van der Waals surface area contributed by atoms with Crippen LogP contribution in [0.2, 0.25) is 0 Å². The first-order chi connectivity index (χ1) is 12.9. The molecule has 146 valence electrons. The van der Waals surface area contributed by atoms with Gasteiger partial charge in [0, 0.05) is 19.9 Å². The molecule has 0 saturated carbocycles. The molecule has 0 fully saturated rings. The van der Waals surface area contributed by atoms with E-state index in [0.29, 0.717) is 17.4 Å². The number of carbonyl (C=O) groups is 2. The zero-order valence-corrected chi connectivity index (χ0v) is 16.8. The third kappa shape index (κ3) is 6.09. The van der Waals surface area contributed by atoms with Crippen molar-refractivity contribution >= 4 is 23.6 Å². The van der Waals surface area contributed by atoms with Crippen LogP contribution >= 0.6 is 11.8 Å². The average molecular weight is 390 g/mol. The maximum atomic E-state index is 12.7. The van der Waals surface area contributed by atoms with Gasteiger partial charge in [0.05, 0.1) is 11.3 Å². The lowest BCUT2D eigenvalue weighted by Gasteiger charge is -2.21. The van der Waals surface area contributed by atoms with Crippen molar-refractivity contribution in [2.24, 2.45) is 12.8 Å². The molecule has 0 aliphatic carbocycles. The van der Waals surface area contributed by atoms with E-state index in [9.17, 15) is 9.59 Å². The minimum Gasteiger partial charge on any atom is -0.370 e. The van der Waals surface area contributed by atoms with Crippen LogP contribution in [0.15, 0.2) is 35.5 Å². The Morgan fingerprint density at radius 3 is 2.59 bits per heavy atom. The number of carbonyl (C=O) groups excluding carboxylic acids is 2. The Hall–Kier alpha value is -2.35. The molecule has 1 heterocycles. The van der Waals surface area contributed by atoms with Crippen LogP contribution in [-0.2, 0) is 23.1 Å². The number of aryl methyl sites for hydroxylation is 1. The van der Waals surface area contributed by atoms with Crippen molar-refractivity contribution in [2.75, 3.05) is 0 Å². The second kappa shape index (κ2) is 10.1. The van der Waals surface area contributed by atoms with E-state index >= 15 is 0 Å². The average Bonchev–Trinajstić information content (AvgIpc) is 3.00. The fourth-order valence-corrected chi connectivity index (χ4v) is 3.54. The summed E-state index contributed by atoms with van der Waals surface area (Å²) in [6, 6.07) is 10.00. The van der Waals surface area contributed by atoms with Crippen LogP contribution in [0.25, 0.3) is 0 Å². The van der Waals surface area contributed by atoms with Gasteiger partial charge in [0.1, 0.15) is 5.82 Å². The molecule has 2 aromatic rings. The standard InChI is InChI=1S/C19H27N5O2S/c1-4-8-15(14-9-6-5-7-10-14)21-18(26)13(2)27-19-23-22-17(24(19)3)12-11-16(20)25/h5-7,9-10,13,15H,4,8,11-12H2,1-3H3,(H2,20,25)(H,21,26)/t13-,15+/m0/s1. The van der Waals surface area contributed by atoms with Crippen molar-refractivity contribution in [1.82, 2.24) is 20.1 Å². The Labute approximate surface area is 164 Å². The van der Waals surface area contributed by atoms with Crippen LogP contribution in [0.4, 0.5) is 0 Å². The zero-order valence-electron chi connectivity index (χ0n) is 16.0. The zero-order chi connectivity index (χ0) is 19.8. The normalized spacial score (nSPS) is 13.1. The number of amides is 2. The minimum atomic E-state index is -0.372. The third-order valence-corrected chi connectivity index (χ3v) is 5.40. The first-order valence-corrected chi connectivity index (χ1v) is 9.98. The summed E-state index contributed by atoms with van der Waals surface area (Å²) >= 11 is 1.35. The number of primary amides is 1. The van der Waals surface area contributed by atoms with E-state index in [2.05, 4.69) is 22.4 Å². The molecule has 7 nitrogen and oxygen atoms in total. The van der Waals surface area contributed by atoms with E-state index in [-0.39, 0.29) is 29.5 Å². The fraction of sp³-hybridized carbons (Fsp3) is 0.474. The van der Waals surface area contributed by atoms with E-state index in [1.54, 1.807) is 4.57 Å². The molecule has 1 aromatic carbocycles. The Morgan fingerprint density at radius 2 is 1.96 bits per heavy atom. The lowest BCUT2D eigenvalue weighted by Crippen LogP contribution is -2.34. The topological polar surface area (TPSA) is 103 Å². The summed E-state index contributed by atoms with van der Waals surface area (Å²) in [4.78, 5) is 23.6. The second-order valence-corrected chi connectivity index (χ2v) is 7.75. The van der Waals surface area contributed by atoms with Gasteiger partial charge in [0.2, 0.25) is 11.8 Å². The van der Waals surface area contributed by atoms with Crippen LogP contribution in [0, 0.1) is 0 Å². The molecule has 2 amide bonds. The highest BCUT2D eigenvalue weighted by Crippen LogP contribution is 2.24. The van der Waals surface area contributed by atoms with Gasteiger partial charge in [-0.05, 0) is 18.9 Å². The van der Waals surface area contributed by atoms with Crippen LogP contribution in [-0.4, -0.2) is 31.8 Å². The van der Waals surface area contributed by atoms with Crippen molar-refractivity contribution in [2.45, 2.75) is 56.0 Å². The maximum absolute atomic E-state index is 12.7. The van der Waals surface area contributed by atoms with Crippen molar-refractivity contribution in [1.29, 1.82) is 0 Å². The van der Waals surface area contributed by atoms with E-state index in [0.717, 1.165) is 18.4 Å². The van der Waals surface area contributed by atoms with Crippen molar-refractivity contribution in [3.63, 3.8) is 0 Å². The quantitative estimate of drug-likeness (QED) is 0.607. The number of benzene rings is 1. The number of hydrogen-bond acceptors (Lipinski definition) is 5. The molecule has 2 atom stereocenters. The van der Waals surface area contributed by atoms with Gasteiger partial charge in [-0.3, -0.25) is 9.59 Å². The molecule has 0 aliphatic rings. The van der Waals surface area contributed by atoms with E-state index < -0.39 is 0 Å². The Kier molecular flexibility index (Phi) is 7.84. The highest BCUT2D eigenvalue weighted by atomic mass is 32.2. The number of nitrogens with zero attached hydrogens (tertiary/aromatic N) is 3. The number of aromatic nitrogens is 3. The van der Waals surface area contributed by atoms with Crippen molar-refractivity contribution < 1.29 is 9.59 Å². The van der Waals surface area contributed by atoms with E-state index in [4.69, 9.17) is 5.73 Å². The van der Waals surface area contributed by atoms with E-state index in [1.807, 2.05) is 44.3 Å². The van der Waals surface area contributed by atoms with Gasteiger partial charge >= 0.3 is 0 Å². The summed E-state index contributed by atoms with van der Waals surface area (Å²) in [6.45, 7) is 3.96. The van der Waals surface area contributed by atoms with Crippen LogP contribution < -0.4 is 11.1 Å². The highest BCUT2D eigenvalue weighted by molar-refractivity contribution is 8.00. The predicted molar refractivity (Wildman–Crippen MR) is 106 cm³/mol.